The summed E-state index contributed by atoms with van der Waals surface area (Å²) in [5.74, 6) is 1.23. The van der Waals surface area contributed by atoms with Gasteiger partial charge in [-0.1, -0.05) is 12.1 Å². The van der Waals surface area contributed by atoms with Gasteiger partial charge in [-0.15, -0.1) is 10.2 Å². The number of amides is 2. The molecule has 0 saturated heterocycles. The van der Waals surface area contributed by atoms with E-state index < -0.39 is 6.10 Å². The number of aromatic nitrogens is 3. The topological polar surface area (TPSA) is 92.1 Å². The first-order chi connectivity index (χ1) is 11.5. The van der Waals surface area contributed by atoms with Crippen molar-refractivity contribution in [1.82, 2.24) is 25.4 Å². The number of urea groups is 1. The molecule has 0 bridgehead atoms. The van der Waals surface area contributed by atoms with Gasteiger partial charge in [-0.2, -0.15) is 0 Å². The van der Waals surface area contributed by atoms with Crippen LogP contribution in [-0.2, 0) is 6.54 Å². The second-order valence-corrected chi connectivity index (χ2v) is 5.87. The molecular formula is C16H20FN5O2. The quantitative estimate of drug-likeness (QED) is 0.792. The van der Waals surface area contributed by atoms with Crippen LogP contribution in [0.1, 0.15) is 42.2 Å². The zero-order chi connectivity index (χ0) is 17.1. The first-order valence-electron chi connectivity index (χ1n) is 7.92. The molecule has 3 rings (SSSR count). The Morgan fingerprint density at radius 3 is 2.92 bits per heavy atom. The molecule has 2 aromatic rings. The van der Waals surface area contributed by atoms with Crippen LogP contribution in [-0.4, -0.2) is 32.4 Å². The Morgan fingerprint density at radius 2 is 2.17 bits per heavy atom. The molecule has 2 atom stereocenters. The molecule has 0 fully saturated rings. The predicted octanol–water partition coefficient (Wildman–Crippen LogP) is 1.59. The van der Waals surface area contributed by atoms with Crippen LogP contribution in [0, 0.1) is 12.7 Å². The maximum Gasteiger partial charge on any atom is 0.315 e. The van der Waals surface area contributed by atoms with Gasteiger partial charge in [0.15, 0.2) is 5.82 Å². The molecule has 2 heterocycles. The standard InChI is InChI=1S/C16H20FN5O2/c1-10-20-21-15-13(3-2-8-22(10)15)19-16(24)18-9-14(23)11-4-6-12(17)7-5-11/h4-7,13-14,23H,2-3,8-9H2,1H3,(H2,18,19,24). The lowest BCUT2D eigenvalue weighted by atomic mass is 10.1. The van der Waals surface area contributed by atoms with E-state index in [4.69, 9.17) is 0 Å². The van der Waals surface area contributed by atoms with Crippen LogP contribution in [0.5, 0.6) is 0 Å². The number of aryl methyl sites for hydroxylation is 1. The number of fused-ring (bicyclic) bond motifs is 1. The van der Waals surface area contributed by atoms with Crippen LogP contribution in [0.3, 0.4) is 0 Å². The van der Waals surface area contributed by atoms with E-state index in [1.807, 2.05) is 11.5 Å². The maximum atomic E-state index is 12.9. The third-order valence-electron chi connectivity index (χ3n) is 4.17. The van der Waals surface area contributed by atoms with Crippen LogP contribution >= 0.6 is 0 Å². The highest BCUT2D eigenvalue weighted by atomic mass is 19.1. The Labute approximate surface area is 138 Å². The summed E-state index contributed by atoms with van der Waals surface area (Å²) in [6.45, 7) is 2.78. The Hall–Kier alpha value is -2.48. The molecule has 3 N–H and O–H groups in total. The number of halogens is 1. The van der Waals surface area contributed by atoms with E-state index in [-0.39, 0.29) is 24.4 Å². The molecule has 0 spiro atoms. The SMILES string of the molecule is Cc1nnc2n1CCCC2NC(=O)NCC(O)c1ccc(F)cc1. The largest absolute Gasteiger partial charge is 0.387 e. The number of benzene rings is 1. The second kappa shape index (κ2) is 6.96. The van der Waals surface area contributed by atoms with Crippen LogP contribution in [0.2, 0.25) is 0 Å². The van der Waals surface area contributed by atoms with Crippen LogP contribution in [0.15, 0.2) is 24.3 Å². The summed E-state index contributed by atoms with van der Waals surface area (Å²) < 4.78 is 14.9. The van der Waals surface area contributed by atoms with E-state index >= 15 is 0 Å². The van der Waals surface area contributed by atoms with E-state index in [2.05, 4.69) is 20.8 Å². The number of carbonyl (C=O) groups is 1. The lowest BCUT2D eigenvalue weighted by Gasteiger charge is -2.24. The van der Waals surface area contributed by atoms with E-state index in [9.17, 15) is 14.3 Å². The smallest absolute Gasteiger partial charge is 0.315 e. The summed E-state index contributed by atoms with van der Waals surface area (Å²) in [4.78, 5) is 12.1. The Kier molecular flexibility index (Phi) is 4.75. The summed E-state index contributed by atoms with van der Waals surface area (Å²) in [7, 11) is 0. The molecule has 2 amide bonds. The summed E-state index contributed by atoms with van der Waals surface area (Å²) in [6, 6.07) is 4.96. The zero-order valence-electron chi connectivity index (χ0n) is 13.4. The minimum atomic E-state index is -0.895. The van der Waals surface area contributed by atoms with E-state index in [1.54, 1.807) is 0 Å². The van der Waals surface area contributed by atoms with Crippen LogP contribution < -0.4 is 10.6 Å². The summed E-state index contributed by atoms with van der Waals surface area (Å²) >= 11 is 0. The molecule has 1 aliphatic rings. The molecule has 8 heteroatoms. The first-order valence-corrected chi connectivity index (χ1v) is 7.92. The number of aliphatic hydroxyl groups excluding tert-OH is 1. The number of nitrogens with one attached hydrogen (secondary N) is 2. The molecule has 0 aliphatic carbocycles. The second-order valence-electron chi connectivity index (χ2n) is 5.87. The highest BCUT2D eigenvalue weighted by Gasteiger charge is 2.25. The predicted molar refractivity (Wildman–Crippen MR) is 84.6 cm³/mol. The monoisotopic (exact) mass is 333 g/mol. The highest BCUT2D eigenvalue weighted by molar-refractivity contribution is 5.74. The maximum absolute atomic E-state index is 12.9. The fraction of sp³-hybridized carbons (Fsp3) is 0.438. The van der Waals surface area contributed by atoms with E-state index in [1.165, 1.54) is 24.3 Å². The molecule has 0 saturated carbocycles. The normalized spacial score (nSPS) is 17.9. The summed E-state index contributed by atoms with van der Waals surface area (Å²) in [5.41, 5.74) is 0.546. The van der Waals surface area contributed by atoms with Gasteiger partial charge < -0.3 is 20.3 Å². The van der Waals surface area contributed by atoms with Crippen LogP contribution in [0.4, 0.5) is 9.18 Å². The van der Waals surface area contributed by atoms with Gasteiger partial charge in [-0.25, -0.2) is 9.18 Å². The molecule has 128 valence electrons. The summed E-state index contributed by atoms with van der Waals surface area (Å²) in [6.07, 6.45) is 0.842. The average Bonchev–Trinajstić information content (AvgIpc) is 2.96. The van der Waals surface area contributed by atoms with Gasteiger partial charge in [0, 0.05) is 13.1 Å². The van der Waals surface area contributed by atoms with Crippen molar-refractivity contribution >= 4 is 6.03 Å². The van der Waals surface area contributed by atoms with E-state index in [0.717, 1.165) is 31.0 Å². The molecule has 1 aliphatic heterocycles. The molecule has 1 aromatic carbocycles. The van der Waals surface area contributed by atoms with Crippen molar-refractivity contribution in [2.24, 2.45) is 0 Å². The zero-order valence-corrected chi connectivity index (χ0v) is 13.4. The third-order valence-corrected chi connectivity index (χ3v) is 4.17. The number of rotatable bonds is 4. The highest BCUT2D eigenvalue weighted by Crippen LogP contribution is 2.23. The van der Waals surface area contributed by atoms with E-state index in [0.29, 0.717) is 5.56 Å². The fourth-order valence-electron chi connectivity index (χ4n) is 2.85. The van der Waals surface area contributed by atoms with Crippen molar-refractivity contribution in [2.45, 2.75) is 38.5 Å². The fourth-order valence-corrected chi connectivity index (χ4v) is 2.85. The minimum Gasteiger partial charge on any atom is -0.387 e. The molecule has 2 unspecified atom stereocenters. The summed E-state index contributed by atoms with van der Waals surface area (Å²) in [5, 5.41) is 23.7. The number of carbonyl (C=O) groups excluding carboxylic acids is 1. The number of hydrogen-bond acceptors (Lipinski definition) is 4. The van der Waals surface area contributed by atoms with Gasteiger partial charge >= 0.3 is 6.03 Å². The van der Waals surface area contributed by atoms with Gasteiger partial charge in [0.05, 0.1) is 12.1 Å². The van der Waals surface area contributed by atoms with Gasteiger partial charge in [0.25, 0.3) is 0 Å². The molecule has 24 heavy (non-hydrogen) atoms. The molecular weight excluding hydrogens is 313 g/mol. The van der Waals surface area contributed by atoms with Crippen molar-refractivity contribution in [3.8, 4) is 0 Å². The van der Waals surface area contributed by atoms with Gasteiger partial charge in [0.2, 0.25) is 0 Å². The number of aliphatic hydroxyl groups is 1. The van der Waals surface area contributed by atoms with Crippen molar-refractivity contribution in [1.29, 1.82) is 0 Å². The Balaban J connectivity index is 1.54. The van der Waals surface area contributed by atoms with Crippen molar-refractivity contribution in [2.75, 3.05) is 6.54 Å². The van der Waals surface area contributed by atoms with Gasteiger partial charge in [0.1, 0.15) is 11.6 Å². The Morgan fingerprint density at radius 1 is 1.42 bits per heavy atom. The Bertz CT molecular complexity index is 716. The average molecular weight is 333 g/mol. The van der Waals surface area contributed by atoms with Gasteiger partial charge in [-0.3, -0.25) is 0 Å². The molecule has 0 radical (unpaired) electrons. The molecule has 7 nitrogen and oxygen atoms in total. The number of hydrogen-bond donors (Lipinski definition) is 3. The van der Waals surface area contributed by atoms with Crippen molar-refractivity contribution < 1.29 is 14.3 Å². The first kappa shape index (κ1) is 16.4. The third kappa shape index (κ3) is 3.53. The molecule has 1 aromatic heterocycles. The van der Waals surface area contributed by atoms with Crippen LogP contribution in [0.25, 0.3) is 0 Å². The number of nitrogens with zero attached hydrogens (tertiary/aromatic N) is 3. The lowest BCUT2D eigenvalue weighted by Crippen LogP contribution is -2.41. The van der Waals surface area contributed by atoms with Crippen molar-refractivity contribution in [3.63, 3.8) is 0 Å². The van der Waals surface area contributed by atoms with Crippen molar-refractivity contribution in [3.05, 3.63) is 47.3 Å². The van der Waals surface area contributed by atoms with Gasteiger partial charge in [-0.05, 0) is 37.5 Å². The lowest BCUT2D eigenvalue weighted by molar-refractivity contribution is 0.172. The minimum absolute atomic E-state index is 0.0376.